The maximum atomic E-state index is 10.6. The topological polar surface area (TPSA) is 69.1 Å². The summed E-state index contributed by atoms with van der Waals surface area (Å²) in [7, 11) is 1.77. The molecule has 168 valence electrons. The average molecular weight is 547 g/mol. The molecule has 3 rings (SSSR count). The van der Waals surface area contributed by atoms with Gasteiger partial charge in [0.05, 0.1) is 13.2 Å². The predicted octanol–water partition coefficient (Wildman–Crippen LogP) is 3.46. The second kappa shape index (κ2) is 12.8. The minimum atomic E-state index is -0.559. The van der Waals surface area contributed by atoms with E-state index < -0.39 is 6.10 Å². The number of guanidine groups is 1. The zero-order chi connectivity index (χ0) is 20.6. The summed E-state index contributed by atoms with van der Waals surface area (Å²) >= 11 is 1.64. The molecule has 2 heterocycles. The van der Waals surface area contributed by atoms with Crippen molar-refractivity contribution in [2.75, 3.05) is 46.4 Å². The Morgan fingerprint density at radius 3 is 2.57 bits per heavy atom. The van der Waals surface area contributed by atoms with Crippen molar-refractivity contribution >= 4 is 51.4 Å². The van der Waals surface area contributed by atoms with Crippen molar-refractivity contribution in [1.29, 1.82) is 0 Å². The number of nitrogens with zero attached hydrogens (tertiary/aromatic N) is 2. The third kappa shape index (κ3) is 7.33. The molecule has 0 radical (unpaired) electrons. The summed E-state index contributed by atoms with van der Waals surface area (Å²) in [4.78, 5) is 7.82. The van der Waals surface area contributed by atoms with Crippen LogP contribution in [0, 0.1) is 5.92 Å². The van der Waals surface area contributed by atoms with Gasteiger partial charge in [0.15, 0.2) is 5.96 Å². The van der Waals surface area contributed by atoms with Crippen molar-refractivity contribution in [2.24, 2.45) is 10.9 Å². The molecule has 8 heteroatoms. The fraction of sp³-hybridized carbons (Fsp3) is 0.591. The zero-order valence-electron chi connectivity index (χ0n) is 18.1. The Labute approximate surface area is 201 Å². The van der Waals surface area contributed by atoms with E-state index in [9.17, 15) is 5.11 Å². The second-order valence-corrected chi connectivity index (χ2v) is 9.08. The van der Waals surface area contributed by atoms with Crippen LogP contribution in [-0.2, 0) is 4.74 Å². The Morgan fingerprint density at radius 1 is 1.20 bits per heavy atom. The Hall–Kier alpha value is -0.940. The lowest BCUT2D eigenvalue weighted by Gasteiger charge is -2.35. The summed E-state index contributed by atoms with van der Waals surface area (Å²) in [5.74, 6) is 1.36. The van der Waals surface area contributed by atoms with Crippen LogP contribution in [0.1, 0.15) is 31.2 Å². The number of nitrogens with one attached hydrogen (secondary N) is 2. The van der Waals surface area contributed by atoms with Crippen LogP contribution in [-0.4, -0.2) is 68.4 Å². The number of aliphatic hydroxyl groups is 1. The molecular weight excluding hydrogens is 511 g/mol. The number of ether oxygens (including phenoxy) is 1. The van der Waals surface area contributed by atoms with Crippen LogP contribution in [0.4, 0.5) is 0 Å². The molecule has 6 nitrogen and oxygen atoms in total. The molecule has 0 amide bonds. The highest BCUT2D eigenvalue weighted by Gasteiger charge is 2.22. The molecule has 30 heavy (non-hydrogen) atoms. The van der Waals surface area contributed by atoms with E-state index in [-0.39, 0.29) is 24.0 Å². The monoisotopic (exact) mass is 546 g/mol. The minimum absolute atomic E-state index is 0. The predicted molar refractivity (Wildman–Crippen MR) is 137 cm³/mol. The lowest BCUT2D eigenvalue weighted by Crippen LogP contribution is -2.51. The maximum Gasteiger partial charge on any atom is 0.191 e. The highest BCUT2D eigenvalue weighted by molar-refractivity contribution is 14.0. The van der Waals surface area contributed by atoms with Gasteiger partial charge in [0.25, 0.3) is 0 Å². The molecule has 0 bridgehead atoms. The normalized spacial score (nSPS) is 17.6. The van der Waals surface area contributed by atoms with Crippen LogP contribution in [0.15, 0.2) is 35.3 Å². The largest absolute Gasteiger partial charge is 0.386 e. The summed E-state index contributed by atoms with van der Waals surface area (Å²) in [5, 5.41) is 18.5. The summed E-state index contributed by atoms with van der Waals surface area (Å²) in [6.07, 6.45) is 0.575. The fourth-order valence-corrected chi connectivity index (χ4v) is 4.79. The van der Waals surface area contributed by atoms with Crippen LogP contribution < -0.4 is 10.6 Å². The molecular formula is C22H35IN4O2S. The number of aliphatic hydroxyl groups excluding tert-OH is 1. The van der Waals surface area contributed by atoms with Gasteiger partial charge in [0.1, 0.15) is 6.10 Å². The van der Waals surface area contributed by atoms with Gasteiger partial charge in [0.2, 0.25) is 0 Å². The van der Waals surface area contributed by atoms with Crippen LogP contribution in [0.3, 0.4) is 0 Å². The Morgan fingerprint density at radius 2 is 1.90 bits per heavy atom. The van der Waals surface area contributed by atoms with Crippen molar-refractivity contribution in [2.45, 2.75) is 32.4 Å². The lowest BCUT2D eigenvalue weighted by molar-refractivity contribution is 0.0132. The van der Waals surface area contributed by atoms with Crippen molar-refractivity contribution in [3.05, 3.63) is 35.2 Å². The molecule has 1 aromatic carbocycles. The number of benzene rings is 1. The Balaban J connectivity index is 0.00000320. The highest BCUT2D eigenvalue weighted by atomic mass is 127. The average Bonchev–Trinajstić information content (AvgIpc) is 3.17. The third-order valence-electron chi connectivity index (χ3n) is 5.27. The standard InChI is InChI=1S/C22H34N4O2S.HI/c1-16(2)12-18(26-8-10-28-11-9-26)14-24-22(23-3)25-15-19(27)21-13-17-6-4-5-7-20(17)29-21;/h4-7,13,16,18-19,27H,8-12,14-15H2,1-3H3,(H2,23,24,25);1H. The van der Waals surface area contributed by atoms with Crippen molar-refractivity contribution < 1.29 is 9.84 Å². The number of morpholine rings is 1. The van der Waals surface area contributed by atoms with Gasteiger partial charge < -0.3 is 20.5 Å². The highest BCUT2D eigenvalue weighted by Crippen LogP contribution is 2.29. The number of hydrogen-bond donors (Lipinski definition) is 3. The quantitative estimate of drug-likeness (QED) is 0.269. The van der Waals surface area contributed by atoms with Crippen LogP contribution >= 0.6 is 35.3 Å². The molecule has 2 atom stereocenters. The summed E-state index contributed by atoms with van der Waals surface area (Å²) in [5.41, 5.74) is 0. The first-order valence-corrected chi connectivity index (χ1v) is 11.3. The first-order valence-electron chi connectivity index (χ1n) is 10.5. The van der Waals surface area contributed by atoms with Gasteiger partial charge in [-0.2, -0.15) is 0 Å². The molecule has 3 N–H and O–H groups in total. The SMILES string of the molecule is CN=C(NCC(O)c1cc2ccccc2s1)NCC(CC(C)C)N1CCOCC1.I. The summed E-state index contributed by atoms with van der Waals surface area (Å²) < 4.78 is 6.71. The van der Waals surface area contributed by atoms with Gasteiger partial charge in [0, 0.05) is 48.8 Å². The van der Waals surface area contributed by atoms with Gasteiger partial charge in [-0.3, -0.25) is 9.89 Å². The van der Waals surface area contributed by atoms with Gasteiger partial charge >= 0.3 is 0 Å². The van der Waals surface area contributed by atoms with E-state index in [0.717, 1.165) is 50.1 Å². The second-order valence-electron chi connectivity index (χ2n) is 7.97. The Kier molecular flexibility index (Phi) is 10.8. The molecule has 1 saturated heterocycles. The van der Waals surface area contributed by atoms with E-state index in [1.807, 2.05) is 12.1 Å². The first-order chi connectivity index (χ1) is 14.1. The summed E-state index contributed by atoms with van der Waals surface area (Å²) in [6, 6.07) is 10.7. The number of rotatable bonds is 8. The lowest BCUT2D eigenvalue weighted by atomic mass is 10.0. The van der Waals surface area contributed by atoms with Gasteiger partial charge in [-0.05, 0) is 29.9 Å². The molecule has 2 aromatic rings. The molecule has 1 aliphatic heterocycles. The van der Waals surface area contributed by atoms with E-state index in [0.29, 0.717) is 18.5 Å². The minimum Gasteiger partial charge on any atom is -0.386 e. The zero-order valence-corrected chi connectivity index (χ0v) is 21.3. The van der Waals surface area contributed by atoms with Crippen molar-refractivity contribution in [3.63, 3.8) is 0 Å². The Bertz CT molecular complexity index is 759. The number of fused-ring (bicyclic) bond motifs is 1. The first kappa shape index (κ1) is 25.3. The van der Waals surface area contributed by atoms with E-state index in [2.05, 4.69) is 52.6 Å². The van der Waals surface area contributed by atoms with Gasteiger partial charge in [-0.25, -0.2) is 0 Å². The summed E-state index contributed by atoms with van der Waals surface area (Å²) in [6.45, 7) is 9.37. The van der Waals surface area contributed by atoms with Crippen LogP contribution in [0.2, 0.25) is 0 Å². The molecule has 0 aliphatic carbocycles. The van der Waals surface area contributed by atoms with Gasteiger partial charge in [-0.1, -0.05) is 32.0 Å². The number of aliphatic imine (C=N–C) groups is 1. The van der Waals surface area contributed by atoms with Crippen LogP contribution in [0.5, 0.6) is 0 Å². The van der Waals surface area contributed by atoms with E-state index in [4.69, 9.17) is 4.74 Å². The molecule has 0 spiro atoms. The van der Waals surface area contributed by atoms with E-state index in [1.54, 1.807) is 18.4 Å². The molecule has 0 saturated carbocycles. The third-order valence-corrected chi connectivity index (χ3v) is 6.49. The molecule has 1 aliphatic rings. The molecule has 1 fully saturated rings. The molecule has 2 unspecified atom stereocenters. The van der Waals surface area contributed by atoms with E-state index in [1.165, 1.54) is 10.1 Å². The maximum absolute atomic E-state index is 10.6. The van der Waals surface area contributed by atoms with Crippen LogP contribution in [0.25, 0.3) is 10.1 Å². The van der Waals surface area contributed by atoms with Gasteiger partial charge in [-0.15, -0.1) is 35.3 Å². The number of hydrogen-bond acceptors (Lipinski definition) is 5. The van der Waals surface area contributed by atoms with Crippen molar-refractivity contribution in [3.8, 4) is 0 Å². The smallest absolute Gasteiger partial charge is 0.191 e. The van der Waals surface area contributed by atoms with E-state index >= 15 is 0 Å². The molecule has 1 aromatic heterocycles. The fourth-order valence-electron chi connectivity index (χ4n) is 3.74. The number of halogens is 1. The number of thiophene rings is 1. The van der Waals surface area contributed by atoms with Crippen molar-refractivity contribution in [1.82, 2.24) is 15.5 Å².